The second kappa shape index (κ2) is 7.80. The minimum atomic E-state index is 0.102. The van der Waals surface area contributed by atoms with Crippen LogP contribution >= 0.6 is 0 Å². The lowest BCUT2D eigenvalue weighted by Gasteiger charge is -2.14. The van der Waals surface area contributed by atoms with Gasteiger partial charge in [0.05, 0.1) is 6.54 Å². The van der Waals surface area contributed by atoms with Crippen molar-refractivity contribution >= 4 is 5.91 Å². The van der Waals surface area contributed by atoms with Crippen LogP contribution in [-0.2, 0) is 4.79 Å². The molecule has 3 heteroatoms. The molecule has 0 aliphatic heterocycles. The number of hydrogen-bond acceptors (Lipinski definition) is 2. The molecule has 1 amide bonds. The molecule has 0 radical (unpaired) electrons. The summed E-state index contributed by atoms with van der Waals surface area (Å²) in [5.41, 5.74) is 0. The first kappa shape index (κ1) is 13.4. The summed E-state index contributed by atoms with van der Waals surface area (Å²) in [6.45, 7) is 9.66. The molecular weight excluding hydrogens is 176 g/mol. The number of rotatable bonds is 7. The van der Waals surface area contributed by atoms with Crippen LogP contribution < -0.4 is 10.6 Å². The summed E-state index contributed by atoms with van der Waals surface area (Å²) in [5.74, 6) is 0.623. The van der Waals surface area contributed by atoms with Gasteiger partial charge in [0.1, 0.15) is 0 Å². The maximum atomic E-state index is 11.3. The van der Waals surface area contributed by atoms with E-state index in [1.54, 1.807) is 0 Å². The molecule has 84 valence electrons. The summed E-state index contributed by atoms with van der Waals surface area (Å²) in [5, 5.41) is 6.11. The molecule has 0 unspecified atom stereocenters. The highest BCUT2D eigenvalue weighted by Gasteiger charge is 2.05. The first-order valence-electron chi connectivity index (χ1n) is 5.60. The Morgan fingerprint density at radius 1 is 1.21 bits per heavy atom. The summed E-state index contributed by atoms with van der Waals surface area (Å²) in [6, 6.07) is 0.472. The second-order valence-corrected chi connectivity index (χ2v) is 4.09. The maximum absolute atomic E-state index is 11.3. The van der Waals surface area contributed by atoms with Gasteiger partial charge in [-0.2, -0.15) is 0 Å². The molecule has 0 atom stereocenters. The molecule has 0 aromatic heterocycles. The Hall–Kier alpha value is -0.570. The quantitative estimate of drug-likeness (QED) is 0.654. The van der Waals surface area contributed by atoms with Crippen LogP contribution in [-0.4, -0.2) is 25.0 Å². The van der Waals surface area contributed by atoms with Crippen LogP contribution in [0.1, 0.15) is 40.5 Å². The minimum absolute atomic E-state index is 0.102. The van der Waals surface area contributed by atoms with Crippen molar-refractivity contribution in [2.45, 2.75) is 46.6 Å². The predicted molar refractivity (Wildman–Crippen MR) is 60.2 cm³/mol. The molecule has 0 rings (SSSR count). The van der Waals surface area contributed by atoms with E-state index in [0.717, 1.165) is 19.4 Å². The van der Waals surface area contributed by atoms with Crippen LogP contribution in [0.25, 0.3) is 0 Å². The van der Waals surface area contributed by atoms with Gasteiger partial charge in [-0.1, -0.05) is 27.7 Å². The zero-order valence-electron chi connectivity index (χ0n) is 9.89. The van der Waals surface area contributed by atoms with E-state index in [4.69, 9.17) is 0 Å². The summed E-state index contributed by atoms with van der Waals surface area (Å²) < 4.78 is 0. The topological polar surface area (TPSA) is 41.1 Å². The molecule has 0 bridgehead atoms. The number of nitrogens with one attached hydrogen (secondary N) is 2. The molecule has 0 heterocycles. The van der Waals surface area contributed by atoms with E-state index in [1.807, 2.05) is 0 Å². The van der Waals surface area contributed by atoms with Crippen LogP contribution in [0.15, 0.2) is 0 Å². The molecule has 0 fully saturated rings. The number of carbonyl (C=O) groups is 1. The van der Waals surface area contributed by atoms with Crippen LogP contribution in [0.5, 0.6) is 0 Å². The van der Waals surface area contributed by atoms with Gasteiger partial charge in [0, 0.05) is 12.6 Å². The van der Waals surface area contributed by atoms with E-state index in [2.05, 4.69) is 38.3 Å². The Bertz CT molecular complexity index is 153. The molecule has 0 saturated carbocycles. The van der Waals surface area contributed by atoms with Crippen molar-refractivity contribution in [3.63, 3.8) is 0 Å². The number of amides is 1. The monoisotopic (exact) mass is 200 g/mol. The van der Waals surface area contributed by atoms with Gasteiger partial charge in [-0.25, -0.2) is 0 Å². The first-order valence-corrected chi connectivity index (χ1v) is 5.60. The summed E-state index contributed by atoms with van der Waals surface area (Å²) in [4.78, 5) is 11.3. The van der Waals surface area contributed by atoms with Gasteiger partial charge in [0.15, 0.2) is 0 Å². The van der Waals surface area contributed by atoms with Crippen LogP contribution in [0, 0.1) is 5.92 Å². The fraction of sp³-hybridized carbons (Fsp3) is 0.909. The molecule has 3 nitrogen and oxygen atoms in total. The van der Waals surface area contributed by atoms with Gasteiger partial charge < -0.3 is 10.6 Å². The lowest BCUT2D eigenvalue weighted by atomic mass is 10.2. The minimum Gasteiger partial charge on any atom is -0.355 e. The zero-order chi connectivity index (χ0) is 11.0. The Morgan fingerprint density at radius 2 is 1.79 bits per heavy atom. The molecule has 0 aliphatic rings. The third kappa shape index (κ3) is 6.89. The van der Waals surface area contributed by atoms with E-state index in [9.17, 15) is 4.79 Å². The highest BCUT2D eigenvalue weighted by atomic mass is 16.1. The van der Waals surface area contributed by atoms with Crippen molar-refractivity contribution in [2.24, 2.45) is 5.92 Å². The van der Waals surface area contributed by atoms with Gasteiger partial charge >= 0.3 is 0 Å². The Labute approximate surface area is 87.6 Å². The highest BCUT2D eigenvalue weighted by Crippen LogP contribution is 1.94. The fourth-order valence-electron chi connectivity index (χ4n) is 1.19. The highest BCUT2D eigenvalue weighted by molar-refractivity contribution is 5.77. The summed E-state index contributed by atoms with van der Waals surface area (Å²) in [6.07, 6.45) is 2.15. The van der Waals surface area contributed by atoms with Crippen LogP contribution in [0.3, 0.4) is 0 Å². The Kier molecular flexibility index (Phi) is 7.48. The van der Waals surface area contributed by atoms with E-state index in [0.29, 0.717) is 18.5 Å². The average molecular weight is 200 g/mol. The van der Waals surface area contributed by atoms with Gasteiger partial charge in [-0.3, -0.25) is 4.79 Å². The van der Waals surface area contributed by atoms with E-state index >= 15 is 0 Å². The van der Waals surface area contributed by atoms with Crippen molar-refractivity contribution in [1.29, 1.82) is 0 Å². The molecule has 0 spiro atoms. The average Bonchev–Trinajstić information content (AvgIpc) is 2.16. The second-order valence-electron chi connectivity index (χ2n) is 4.09. The predicted octanol–water partition coefficient (Wildman–Crippen LogP) is 1.54. The molecular formula is C11H24N2O. The summed E-state index contributed by atoms with van der Waals surface area (Å²) >= 11 is 0. The van der Waals surface area contributed by atoms with Crippen molar-refractivity contribution in [3.8, 4) is 0 Å². The lowest BCUT2D eigenvalue weighted by molar-refractivity contribution is -0.120. The van der Waals surface area contributed by atoms with Crippen LogP contribution in [0.4, 0.5) is 0 Å². The van der Waals surface area contributed by atoms with E-state index < -0.39 is 0 Å². The molecule has 0 aromatic rings. The van der Waals surface area contributed by atoms with Crippen LogP contribution in [0.2, 0.25) is 0 Å². The first-order chi connectivity index (χ1) is 6.60. The molecule has 0 aliphatic carbocycles. The van der Waals surface area contributed by atoms with Gasteiger partial charge in [0.2, 0.25) is 5.91 Å². The number of carbonyl (C=O) groups excluding carboxylic acids is 1. The molecule has 14 heavy (non-hydrogen) atoms. The van der Waals surface area contributed by atoms with Crippen molar-refractivity contribution in [3.05, 3.63) is 0 Å². The third-order valence-electron chi connectivity index (χ3n) is 2.24. The standard InChI is InChI=1S/C11H24N2O/c1-5-10(6-2)12-8-11(14)13-7-9(3)4/h9-10,12H,5-8H2,1-4H3,(H,13,14). The Morgan fingerprint density at radius 3 is 2.21 bits per heavy atom. The third-order valence-corrected chi connectivity index (χ3v) is 2.24. The molecule has 0 saturated heterocycles. The maximum Gasteiger partial charge on any atom is 0.233 e. The zero-order valence-corrected chi connectivity index (χ0v) is 9.89. The fourth-order valence-corrected chi connectivity index (χ4v) is 1.19. The van der Waals surface area contributed by atoms with E-state index in [-0.39, 0.29) is 5.91 Å². The lowest BCUT2D eigenvalue weighted by Crippen LogP contribution is -2.39. The van der Waals surface area contributed by atoms with Gasteiger partial charge in [-0.15, -0.1) is 0 Å². The van der Waals surface area contributed by atoms with Gasteiger partial charge in [0.25, 0.3) is 0 Å². The summed E-state index contributed by atoms with van der Waals surface area (Å²) in [7, 11) is 0. The van der Waals surface area contributed by atoms with Gasteiger partial charge in [-0.05, 0) is 18.8 Å². The van der Waals surface area contributed by atoms with E-state index in [1.165, 1.54) is 0 Å². The Balaban J connectivity index is 3.52. The van der Waals surface area contributed by atoms with Crippen molar-refractivity contribution in [2.75, 3.05) is 13.1 Å². The largest absolute Gasteiger partial charge is 0.355 e. The molecule has 0 aromatic carbocycles. The number of hydrogen-bond donors (Lipinski definition) is 2. The molecule has 2 N–H and O–H groups in total. The smallest absolute Gasteiger partial charge is 0.233 e. The van der Waals surface area contributed by atoms with Crippen molar-refractivity contribution < 1.29 is 4.79 Å². The van der Waals surface area contributed by atoms with Crippen molar-refractivity contribution in [1.82, 2.24) is 10.6 Å². The SMILES string of the molecule is CCC(CC)NCC(=O)NCC(C)C. The normalized spacial score (nSPS) is 11.0.